The smallest absolute Gasteiger partial charge is 0.304 e. The largest absolute Gasteiger partial charge is 0.484 e. The maximum atomic E-state index is 11.2. The molecule has 1 N–H and O–H groups in total. The van der Waals surface area contributed by atoms with Gasteiger partial charge in [0.1, 0.15) is 5.75 Å². The number of ether oxygens (including phenoxy) is 2. The van der Waals surface area contributed by atoms with Crippen molar-refractivity contribution in [1.82, 2.24) is 5.32 Å². The molecule has 0 saturated heterocycles. The molecule has 5 nitrogen and oxygen atoms in total. The minimum atomic E-state index is -0.455. The first-order chi connectivity index (χ1) is 8.08. The highest BCUT2D eigenvalue weighted by atomic mass is 35.5. The van der Waals surface area contributed by atoms with E-state index >= 15 is 0 Å². The van der Waals surface area contributed by atoms with Crippen LogP contribution in [0.2, 0.25) is 5.02 Å². The Kier molecular flexibility index (Phi) is 5.29. The van der Waals surface area contributed by atoms with E-state index in [0.29, 0.717) is 10.8 Å². The third-order valence-corrected chi connectivity index (χ3v) is 1.98. The Bertz CT molecular complexity index is 391. The predicted octanol–water partition coefficient (Wildman–Crippen LogP) is 1.36. The Morgan fingerprint density at radius 1 is 1.29 bits per heavy atom. The lowest BCUT2D eigenvalue weighted by Gasteiger charge is -2.07. The van der Waals surface area contributed by atoms with Crippen LogP contribution in [-0.4, -0.2) is 25.2 Å². The van der Waals surface area contributed by atoms with Gasteiger partial charge in [-0.25, -0.2) is 0 Å². The standard InChI is InChI=1S/C11H12ClNO4/c1-8(14)17-7-13-11(15)6-16-10-4-2-9(12)3-5-10/h2-5H,6-7H2,1H3,(H,13,15). The molecule has 1 rings (SSSR count). The van der Waals surface area contributed by atoms with Gasteiger partial charge in [-0.05, 0) is 24.3 Å². The van der Waals surface area contributed by atoms with E-state index in [1.54, 1.807) is 24.3 Å². The number of hydrogen-bond acceptors (Lipinski definition) is 4. The highest BCUT2D eigenvalue weighted by molar-refractivity contribution is 6.30. The number of hydrogen-bond donors (Lipinski definition) is 1. The van der Waals surface area contributed by atoms with E-state index in [-0.39, 0.29) is 19.2 Å². The number of esters is 1. The van der Waals surface area contributed by atoms with Crippen LogP contribution in [0.25, 0.3) is 0 Å². The van der Waals surface area contributed by atoms with E-state index in [9.17, 15) is 9.59 Å². The van der Waals surface area contributed by atoms with E-state index in [2.05, 4.69) is 10.1 Å². The van der Waals surface area contributed by atoms with Crippen LogP contribution in [0.3, 0.4) is 0 Å². The van der Waals surface area contributed by atoms with Crippen molar-refractivity contribution < 1.29 is 19.1 Å². The minimum absolute atomic E-state index is 0.150. The monoisotopic (exact) mass is 257 g/mol. The molecule has 0 aromatic heterocycles. The molecule has 1 amide bonds. The maximum absolute atomic E-state index is 11.2. The predicted molar refractivity (Wildman–Crippen MR) is 61.7 cm³/mol. The van der Waals surface area contributed by atoms with Crippen LogP contribution in [0.4, 0.5) is 0 Å². The van der Waals surface area contributed by atoms with E-state index in [1.807, 2.05) is 0 Å². The van der Waals surface area contributed by atoms with Crippen molar-refractivity contribution in [3.63, 3.8) is 0 Å². The molecule has 0 aliphatic carbocycles. The first-order valence-corrected chi connectivity index (χ1v) is 5.24. The molecular formula is C11H12ClNO4. The molecule has 17 heavy (non-hydrogen) atoms. The number of carbonyl (C=O) groups is 2. The first kappa shape index (κ1) is 13.3. The van der Waals surface area contributed by atoms with Crippen molar-refractivity contribution in [1.29, 1.82) is 0 Å². The summed E-state index contributed by atoms with van der Waals surface area (Å²) in [5.41, 5.74) is 0. The number of halogens is 1. The molecule has 1 aromatic rings. The summed E-state index contributed by atoms with van der Waals surface area (Å²) in [7, 11) is 0. The number of carbonyl (C=O) groups excluding carboxylic acids is 2. The van der Waals surface area contributed by atoms with Crippen LogP contribution >= 0.6 is 11.6 Å². The summed E-state index contributed by atoms with van der Waals surface area (Å²) in [5.74, 6) is -0.290. The molecule has 0 bridgehead atoms. The summed E-state index contributed by atoms with van der Waals surface area (Å²) < 4.78 is 9.71. The van der Waals surface area contributed by atoms with Crippen LogP contribution in [0.5, 0.6) is 5.75 Å². The van der Waals surface area contributed by atoms with E-state index in [0.717, 1.165) is 0 Å². The lowest BCUT2D eigenvalue weighted by atomic mass is 10.3. The van der Waals surface area contributed by atoms with Crippen LogP contribution in [0.1, 0.15) is 6.92 Å². The molecule has 0 aliphatic heterocycles. The van der Waals surface area contributed by atoms with Gasteiger partial charge in [-0.15, -0.1) is 0 Å². The van der Waals surface area contributed by atoms with Crippen molar-refractivity contribution in [3.05, 3.63) is 29.3 Å². The zero-order valence-electron chi connectivity index (χ0n) is 9.23. The average Bonchev–Trinajstić information content (AvgIpc) is 2.28. The van der Waals surface area contributed by atoms with Gasteiger partial charge in [-0.3, -0.25) is 9.59 Å². The van der Waals surface area contributed by atoms with Gasteiger partial charge in [0.2, 0.25) is 0 Å². The first-order valence-electron chi connectivity index (χ1n) is 4.86. The van der Waals surface area contributed by atoms with Crippen molar-refractivity contribution in [2.24, 2.45) is 0 Å². The summed E-state index contributed by atoms with van der Waals surface area (Å²) in [4.78, 5) is 21.6. The van der Waals surface area contributed by atoms with Crippen LogP contribution in [-0.2, 0) is 14.3 Å². The van der Waals surface area contributed by atoms with Gasteiger partial charge >= 0.3 is 5.97 Å². The van der Waals surface area contributed by atoms with Gasteiger partial charge in [-0.2, -0.15) is 0 Å². The lowest BCUT2D eigenvalue weighted by Crippen LogP contribution is -2.31. The number of benzene rings is 1. The third-order valence-electron chi connectivity index (χ3n) is 1.73. The fraction of sp³-hybridized carbons (Fsp3) is 0.273. The van der Waals surface area contributed by atoms with Crippen LogP contribution in [0, 0.1) is 0 Å². The Balaban J connectivity index is 2.23. The normalized spacial score (nSPS) is 9.53. The minimum Gasteiger partial charge on any atom is -0.484 e. The van der Waals surface area contributed by atoms with Crippen LogP contribution in [0.15, 0.2) is 24.3 Å². The average molecular weight is 258 g/mol. The summed E-state index contributed by atoms with van der Waals surface area (Å²) >= 11 is 5.69. The SMILES string of the molecule is CC(=O)OCNC(=O)COc1ccc(Cl)cc1. The molecule has 0 atom stereocenters. The van der Waals surface area contributed by atoms with Crippen LogP contribution < -0.4 is 10.1 Å². The molecule has 0 unspecified atom stereocenters. The van der Waals surface area contributed by atoms with Crippen molar-refractivity contribution in [2.75, 3.05) is 13.3 Å². The molecule has 0 aliphatic rings. The fourth-order valence-electron chi connectivity index (χ4n) is 0.949. The highest BCUT2D eigenvalue weighted by Gasteiger charge is 2.02. The van der Waals surface area contributed by atoms with Gasteiger partial charge in [-0.1, -0.05) is 11.6 Å². The Morgan fingerprint density at radius 2 is 1.94 bits per heavy atom. The third kappa shape index (κ3) is 5.77. The van der Waals surface area contributed by atoms with E-state index < -0.39 is 5.97 Å². The molecule has 0 heterocycles. The summed E-state index contributed by atoms with van der Waals surface area (Å²) in [6.45, 7) is 0.956. The molecule has 0 saturated carbocycles. The van der Waals surface area contributed by atoms with Gasteiger partial charge in [0, 0.05) is 11.9 Å². The number of rotatable bonds is 5. The second-order valence-corrected chi connectivity index (χ2v) is 3.56. The zero-order chi connectivity index (χ0) is 12.7. The quantitative estimate of drug-likeness (QED) is 0.639. The van der Waals surface area contributed by atoms with Crippen molar-refractivity contribution in [3.8, 4) is 5.75 Å². The summed E-state index contributed by atoms with van der Waals surface area (Å²) in [5, 5.41) is 2.96. The van der Waals surface area contributed by atoms with Gasteiger partial charge in [0.15, 0.2) is 13.3 Å². The van der Waals surface area contributed by atoms with Crippen molar-refractivity contribution >= 4 is 23.5 Å². The Labute approximate surface area is 104 Å². The van der Waals surface area contributed by atoms with Gasteiger partial charge in [0.25, 0.3) is 5.91 Å². The Hall–Kier alpha value is -1.75. The molecule has 0 radical (unpaired) electrons. The second-order valence-electron chi connectivity index (χ2n) is 3.12. The van der Waals surface area contributed by atoms with Crippen molar-refractivity contribution in [2.45, 2.75) is 6.92 Å². The molecular weight excluding hydrogens is 246 g/mol. The summed E-state index contributed by atoms with van der Waals surface area (Å²) in [6.07, 6.45) is 0. The van der Waals surface area contributed by atoms with Gasteiger partial charge in [0.05, 0.1) is 0 Å². The van der Waals surface area contributed by atoms with E-state index in [1.165, 1.54) is 6.92 Å². The molecule has 92 valence electrons. The summed E-state index contributed by atoms with van der Waals surface area (Å²) in [6, 6.07) is 6.63. The van der Waals surface area contributed by atoms with E-state index in [4.69, 9.17) is 16.3 Å². The number of amides is 1. The fourth-order valence-corrected chi connectivity index (χ4v) is 1.07. The Morgan fingerprint density at radius 3 is 2.53 bits per heavy atom. The molecule has 6 heteroatoms. The van der Waals surface area contributed by atoms with Gasteiger partial charge < -0.3 is 14.8 Å². The second kappa shape index (κ2) is 6.75. The number of nitrogens with one attached hydrogen (secondary N) is 1. The molecule has 0 spiro atoms. The maximum Gasteiger partial charge on any atom is 0.304 e. The zero-order valence-corrected chi connectivity index (χ0v) is 9.99. The highest BCUT2D eigenvalue weighted by Crippen LogP contribution is 2.15. The molecule has 1 aromatic carbocycles. The topological polar surface area (TPSA) is 64.6 Å². The lowest BCUT2D eigenvalue weighted by molar-refractivity contribution is -0.143. The molecule has 0 fully saturated rings.